The van der Waals surface area contributed by atoms with Crippen LogP contribution in [-0.2, 0) is 13.6 Å². The van der Waals surface area contributed by atoms with Gasteiger partial charge in [-0.15, -0.1) is 0 Å². The minimum Gasteiger partial charge on any atom is -0.303 e. The van der Waals surface area contributed by atoms with Gasteiger partial charge in [-0.25, -0.2) is 4.98 Å². The Morgan fingerprint density at radius 3 is 2.17 bits per heavy atom. The predicted octanol–water partition coefficient (Wildman–Crippen LogP) is 4.92. The number of hydrogen-bond acceptors (Lipinski definition) is 5. The topological polar surface area (TPSA) is 65.7 Å². The second kappa shape index (κ2) is 8.84. The molecular weight excluding hydrogens is 397 g/mol. The molecule has 160 valence electrons. The van der Waals surface area contributed by atoms with Gasteiger partial charge in [-0.2, -0.15) is 0 Å². The van der Waals surface area contributed by atoms with Crippen LogP contribution in [0.1, 0.15) is 40.2 Å². The standard InChI is InChI=1S/C23H30N3O3P/c1-7-28-30(27,29-8-2)22-24-20-12-10-9-11-19(20)21(25-23(4,5)6)26(22)18-15-13-17(3)14-16-18/h9-16H,7-8H2,1-6H3. The zero-order valence-corrected chi connectivity index (χ0v) is 19.4. The molecule has 0 saturated heterocycles. The summed E-state index contributed by atoms with van der Waals surface area (Å²) in [4.78, 5) is 9.77. The smallest absolute Gasteiger partial charge is 0.303 e. The number of benzene rings is 2. The van der Waals surface area contributed by atoms with Gasteiger partial charge >= 0.3 is 7.60 Å². The SMILES string of the molecule is CCOP(=O)(OCC)c1nc2ccccc2c(=NC(C)(C)C)n1-c1ccc(C)cc1. The summed E-state index contributed by atoms with van der Waals surface area (Å²) in [6, 6.07) is 15.7. The second-order valence-electron chi connectivity index (χ2n) is 8.04. The molecule has 0 saturated carbocycles. The van der Waals surface area contributed by atoms with E-state index in [9.17, 15) is 4.57 Å². The van der Waals surface area contributed by atoms with Gasteiger partial charge in [0.15, 0.2) is 0 Å². The molecule has 3 rings (SSSR count). The predicted molar refractivity (Wildman–Crippen MR) is 122 cm³/mol. The molecule has 1 aromatic heterocycles. The third-order valence-electron chi connectivity index (χ3n) is 4.35. The van der Waals surface area contributed by atoms with E-state index in [2.05, 4.69) is 0 Å². The first-order valence-electron chi connectivity index (χ1n) is 10.2. The van der Waals surface area contributed by atoms with E-state index >= 15 is 0 Å². The first-order valence-corrected chi connectivity index (χ1v) is 11.8. The van der Waals surface area contributed by atoms with Crippen LogP contribution in [0.15, 0.2) is 53.5 Å². The average Bonchev–Trinajstić information content (AvgIpc) is 2.68. The van der Waals surface area contributed by atoms with Crippen LogP contribution in [0.2, 0.25) is 0 Å². The Bertz CT molecular complexity index is 1140. The van der Waals surface area contributed by atoms with Crippen molar-refractivity contribution in [3.63, 3.8) is 0 Å². The summed E-state index contributed by atoms with van der Waals surface area (Å²) in [5.74, 6) is 0. The Balaban J connectivity index is 2.55. The van der Waals surface area contributed by atoms with Crippen molar-refractivity contribution >= 4 is 24.1 Å². The van der Waals surface area contributed by atoms with Gasteiger partial charge in [-0.1, -0.05) is 29.8 Å². The maximum Gasteiger partial charge on any atom is 0.397 e. The number of fused-ring (bicyclic) bond motifs is 1. The van der Waals surface area contributed by atoms with Crippen molar-refractivity contribution in [3.05, 3.63) is 59.6 Å². The monoisotopic (exact) mass is 427 g/mol. The molecule has 0 bridgehead atoms. The number of rotatable bonds is 6. The van der Waals surface area contributed by atoms with Crippen LogP contribution in [0, 0.1) is 6.92 Å². The Morgan fingerprint density at radius 2 is 1.60 bits per heavy atom. The summed E-state index contributed by atoms with van der Waals surface area (Å²) >= 11 is 0. The van der Waals surface area contributed by atoms with Gasteiger partial charge in [-0.3, -0.25) is 14.1 Å². The summed E-state index contributed by atoms with van der Waals surface area (Å²) in [6.45, 7) is 12.2. The zero-order valence-electron chi connectivity index (χ0n) is 18.5. The van der Waals surface area contributed by atoms with Gasteiger partial charge in [-0.05, 0) is 65.8 Å². The van der Waals surface area contributed by atoms with E-state index in [1.54, 1.807) is 13.8 Å². The molecule has 0 aliphatic heterocycles. The highest BCUT2D eigenvalue weighted by atomic mass is 31.2. The lowest BCUT2D eigenvalue weighted by molar-refractivity contribution is 0.228. The van der Waals surface area contributed by atoms with Crippen molar-refractivity contribution in [2.75, 3.05) is 13.2 Å². The van der Waals surface area contributed by atoms with E-state index in [-0.39, 0.29) is 24.3 Å². The van der Waals surface area contributed by atoms with Crippen LogP contribution in [0.4, 0.5) is 0 Å². The molecule has 6 nitrogen and oxygen atoms in total. The minimum absolute atomic E-state index is 0.233. The first-order chi connectivity index (χ1) is 14.2. The fourth-order valence-corrected chi connectivity index (χ4v) is 4.84. The number of hydrogen-bond donors (Lipinski definition) is 0. The van der Waals surface area contributed by atoms with Crippen molar-refractivity contribution in [2.24, 2.45) is 4.99 Å². The average molecular weight is 427 g/mol. The molecule has 0 fully saturated rings. The Morgan fingerprint density at radius 1 is 1.00 bits per heavy atom. The lowest BCUT2D eigenvalue weighted by Crippen LogP contribution is -2.37. The molecule has 0 radical (unpaired) electrons. The normalized spacial score (nSPS) is 13.2. The largest absolute Gasteiger partial charge is 0.397 e. The number of para-hydroxylation sites is 1. The van der Waals surface area contributed by atoms with Gasteiger partial charge < -0.3 is 9.05 Å². The van der Waals surface area contributed by atoms with Gasteiger partial charge in [0.25, 0.3) is 0 Å². The molecule has 1 heterocycles. The van der Waals surface area contributed by atoms with E-state index in [4.69, 9.17) is 19.0 Å². The summed E-state index contributed by atoms with van der Waals surface area (Å²) in [5, 5.41) is 0.872. The fourth-order valence-electron chi connectivity index (χ4n) is 3.17. The van der Waals surface area contributed by atoms with Gasteiger partial charge in [0, 0.05) is 11.1 Å². The molecule has 0 aliphatic carbocycles. The third kappa shape index (κ3) is 4.72. The van der Waals surface area contributed by atoms with Crippen molar-refractivity contribution in [1.82, 2.24) is 9.55 Å². The van der Waals surface area contributed by atoms with Crippen molar-refractivity contribution < 1.29 is 13.6 Å². The molecule has 0 spiro atoms. The van der Waals surface area contributed by atoms with Crippen LogP contribution in [0.5, 0.6) is 0 Å². The molecule has 30 heavy (non-hydrogen) atoms. The highest BCUT2D eigenvalue weighted by Crippen LogP contribution is 2.46. The fraction of sp³-hybridized carbons (Fsp3) is 0.391. The second-order valence-corrected chi connectivity index (χ2v) is 9.95. The molecule has 0 atom stereocenters. The summed E-state index contributed by atoms with van der Waals surface area (Å²) in [7, 11) is -3.69. The zero-order chi connectivity index (χ0) is 21.9. The Hall–Kier alpha value is -2.27. The molecule has 7 heteroatoms. The maximum atomic E-state index is 13.9. The lowest BCUT2D eigenvalue weighted by Gasteiger charge is -2.23. The van der Waals surface area contributed by atoms with Gasteiger partial charge in [0.1, 0.15) is 5.49 Å². The number of aromatic nitrogens is 2. The summed E-state index contributed by atoms with van der Waals surface area (Å²) in [5.41, 5.74) is 3.16. The van der Waals surface area contributed by atoms with Crippen LogP contribution < -0.4 is 11.1 Å². The molecule has 2 aromatic carbocycles. The summed E-state index contributed by atoms with van der Waals surface area (Å²) < 4.78 is 27.1. The van der Waals surface area contributed by atoms with E-state index in [1.165, 1.54) is 0 Å². The van der Waals surface area contributed by atoms with Crippen LogP contribution >= 0.6 is 7.60 Å². The molecule has 0 amide bonds. The molecular formula is C23H30N3O3P. The number of nitrogens with zero attached hydrogens (tertiary/aromatic N) is 3. The highest BCUT2D eigenvalue weighted by Gasteiger charge is 2.34. The maximum absolute atomic E-state index is 13.9. The molecule has 3 aromatic rings. The molecule has 0 unspecified atom stereocenters. The van der Waals surface area contributed by atoms with E-state index in [1.807, 2.05) is 80.8 Å². The molecule has 0 aliphatic rings. The number of aryl methyl sites for hydroxylation is 1. The van der Waals surface area contributed by atoms with Crippen molar-refractivity contribution in [1.29, 1.82) is 0 Å². The minimum atomic E-state index is -3.69. The highest BCUT2D eigenvalue weighted by molar-refractivity contribution is 7.61. The van der Waals surface area contributed by atoms with E-state index < -0.39 is 7.60 Å². The van der Waals surface area contributed by atoms with Crippen LogP contribution in [0.3, 0.4) is 0 Å². The van der Waals surface area contributed by atoms with Gasteiger partial charge in [0.2, 0.25) is 5.57 Å². The van der Waals surface area contributed by atoms with Crippen molar-refractivity contribution in [3.8, 4) is 5.69 Å². The van der Waals surface area contributed by atoms with Crippen LogP contribution in [-0.4, -0.2) is 28.3 Å². The summed E-state index contributed by atoms with van der Waals surface area (Å²) in [6.07, 6.45) is 0. The molecule has 0 N–H and O–H groups in total. The van der Waals surface area contributed by atoms with E-state index in [0.717, 1.165) is 16.6 Å². The lowest BCUT2D eigenvalue weighted by atomic mass is 10.1. The van der Waals surface area contributed by atoms with E-state index in [0.29, 0.717) is 11.0 Å². The van der Waals surface area contributed by atoms with Gasteiger partial charge in [0.05, 0.1) is 24.3 Å². The van der Waals surface area contributed by atoms with Crippen LogP contribution in [0.25, 0.3) is 16.6 Å². The third-order valence-corrected chi connectivity index (χ3v) is 6.34. The Kier molecular flexibility index (Phi) is 6.61. The van der Waals surface area contributed by atoms with Crippen molar-refractivity contribution in [2.45, 2.75) is 47.1 Å². The Labute approximate surface area is 178 Å². The quantitative estimate of drug-likeness (QED) is 0.524. The first kappa shape index (κ1) is 22.4.